The van der Waals surface area contributed by atoms with Crippen molar-refractivity contribution in [1.82, 2.24) is 9.80 Å². The predicted octanol–water partition coefficient (Wildman–Crippen LogP) is 3.72. The van der Waals surface area contributed by atoms with E-state index in [2.05, 4.69) is 44.7 Å². The Morgan fingerprint density at radius 2 is 1.55 bits per heavy atom. The molecular formula is C18H36N2. The summed E-state index contributed by atoms with van der Waals surface area (Å²) in [7, 11) is 4.63. The van der Waals surface area contributed by atoms with Gasteiger partial charge in [0, 0.05) is 12.6 Å². The zero-order chi connectivity index (χ0) is 14.7. The van der Waals surface area contributed by atoms with Gasteiger partial charge in [-0.2, -0.15) is 0 Å². The molecule has 0 bridgehead atoms. The third-order valence-corrected chi connectivity index (χ3v) is 6.17. The van der Waals surface area contributed by atoms with Crippen LogP contribution >= 0.6 is 0 Å². The lowest BCUT2D eigenvalue weighted by Gasteiger charge is -2.41. The predicted molar refractivity (Wildman–Crippen MR) is 88.0 cm³/mol. The molecule has 2 rings (SSSR count). The molecule has 0 saturated carbocycles. The largest absolute Gasteiger partial charge is 0.306 e. The highest BCUT2D eigenvalue weighted by Crippen LogP contribution is 2.33. The van der Waals surface area contributed by atoms with Crippen LogP contribution in [0, 0.1) is 23.7 Å². The molecule has 2 heterocycles. The summed E-state index contributed by atoms with van der Waals surface area (Å²) < 4.78 is 0. The molecule has 2 aliphatic heterocycles. The van der Waals surface area contributed by atoms with Crippen LogP contribution < -0.4 is 0 Å². The Morgan fingerprint density at radius 1 is 0.900 bits per heavy atom. The van der Waals surface area contributed by atoms with E-state index in [1.165, 1.54) is 51.7 Å². The number of rotatable bonds is 4. The van der Waals surface area contributed by atoms with Crippen molar-refractivity contribution in [2.24, 2.45) is 23.7 Å². The minimum absolute atomic E-state index is 0.847. The van der Waals surface area contributed by atoms with Gasteiger partial charge in [0.25, 0.3) is 0 Å². The lowest BCUT2D eigenvalue weighted by atomic mass is 9.78. The summed E-state index contributed by atoms with van der Waals surface area (Å²) >= 11 is 0. The second-order valence-electron chi connectivity index (χ2n) is 8.03. The van der Waals surface area contributed by atoms with Crippen molar-refractivity contribution in [1.29, 1.82) is 0 Å². The summed E-state index contributed by atoms with van der Waals surface area (Å²) in [5.74, 6) is 3.66. The molecule has 0 amide bonds. The van der Waals surface area contributed by atoms with Gasteiger partial charge < -0.3 is 9.80 Å². The van der Waals surface area contributed by atoms with Gasteiger partial charge in [-0.1, -0.05) is 20.8 Å². The Hall–Kier alpha value is -0.0800. The first kappa shape index (κ1) is 16.3. The molecule has 2 heteroatoms. The first-order valence-corrected chi connectivity index (χ1v) is 8.86. The number of hydrogen-bond acceptors (Lipinski definition) is 2. The van der Waals surface area contributed by atoms with Gasteiger partial charge >= 0.3 is 0 Å². The van der Waals surface area contributed by atoms with E-state index in [-0.39, 0.29) is 0 Å². The second kappa shape index (κ2) is 7.26. The van der Waals surface area contributed by atoms with Crippen molar-refractivity contribution >= 4 is 0 Å². The summed E-state index contributed by atoms with van der Waals surface area (Å²) in [6.45, 7) is 11.2. The molecule has 20 heavy (non-hydrogen) atoms. The van der Waals surface area contributed by atoms with E-state index < -0.39 is 0 Å². The zero-order valence-corrected chi connectivity index (χ0v) is 14.4. The molecule has 0 radical (unpaired) electrons. The van der Waals surface area contributed by atoms with Gasteiger partial charge in [0.15, 0.2) is 0 Å². The highest BCUT2D eigenvalue weighted by molar-refractivity contribution is 4.84. The molecule has 2 nitrogen and oxygen atoms in total. The maximum atomic E-state index is 2.67. The summed E-state index contributed by atoms with van der Waals surface area (Å²) in [6.07, 6.45) is 7.14. The van der Waals surface area contributed by atoms with Crippen LogP contribution in [0.5, 0.6) is 0 Å². The lowest BCUT2D eigenvalue weighted by molar-refractivity contribution is 0.0811. The summed E-state index contributed by atoms with van der Waals surface area (Å²) in [5.41, 5.74) is 0. The van der Waals surface area contributed by atoms with Gasteiger partial charge in [-0.25, -0.2) is 0 Å². The molecule has 0 aromatic heterocycles. The van der Waals surface area contributed by atoms with Gasteiger partial charge in [0.2, 0.25) is 0 Å². The van der Waals surface area contributed by atoms with Crippen molar-refractivity contribution < 1.29 is 0 Å². The molecule has 0 spiro atoms. The molecule has 3 unspecified atom stereocenters. The van der Waals surface area contributed by atoms with E-state index in [0.717, 1.165) is 29.7 Å². The van der Waals surface area contributed by atoms with Gasteiger partial charge in [0.05, 0.1) is 0 Å². The normalized spacial score (nSPS) is 32.7. The fourth-order valence-electron chi connectivity index (χ4n) is 4.30. The molecule has 0 N–H and O–H groups in total. The Bertz CT molecular complexity index is 281. The van der Waals surface area contributed by atoms with E-state index in [9.17, 15) is 0 Å². The van der Waals surface area contributed by atoms with Gasteiger partial charge in [0.1, 0.15) is 0 Å². The third-order valence-electron chi connectivity index (χ3n) is 6.17. The Morgan fingerprint density at radius 3 is 2.10 bits per heavy atom. The van der Waals surface area contributed by atoms with E-state index in [1.807, 2.05) is 0 Å². The van der Waals surface area contributed by atoms with Crippen molar-refractivity contribution in [3.63, 3.8) is 0 Å². The first-order chi connectivity index (χ1) is 9.47. The minimum atomic E-state index is 0.847. The standard InChI is InChI=1S/C18H36N2/c1-14(2)17-6-7-18(20(5)13-17)12-15(3)16-8-10-19(4)11-9-16/h14-18H,6-13H2,1-5H3. The van der Waals surface area contributed by atoms with E-state index in [1.54, 1.807) is 0 Å². The van der Waals surface area contributed by atoms with Crippen molar-refractivity contribution in [3.05, 3.63) is 0 Å². The summed E-state index contributed by atoms with van der Waals surface area (Å²) in [5, 5.41) is 0. The smallest absolute Gasteiger partial charge is 0.00950 e. The molecule has 0 aliphatic carbocycles. The molecule has 3 atom stereocenters. The number of hydrogen-bond donors (Lipinski definition) is 0. The molecule has 2 fully saturated rings. The van der Waals surface area contributed by atoms with E-state index in [0.29, 0.717) is 0 Å². The highest BCUT2D eigenvalue weighted by Gasteiger charge is 2.30. The summed E-state index contributed by atoms with van der Waals surface area (Å²) in [6, 6.07) is 0.847. The van der Waals surface area contributed by atoms with Crippen LogP contribution in [-0.2, 0) is 0 Å². The SMILES string of the molecule is CC(C)C1CCC(CC(C)C2CCN(C)CC2)N(C)C1. The van der Waals surface area contributed by atoms with Crippen molar-refractivity contribution in [2.45, 2.75) is 58.9 Å². The van der Waals surface area contributed by atoms with Gasteiger partial charge in [-0.3, -0.25) is 0 Å². The Kier molecular flexibility index (Phi) is 5.92. The molecule has 2 saturated heterocycles. The molecule has 2 aliphatic rings. The molecule has 0 aromatic rings. The first-order valence-electron chi connectivity index (χ1n) is 8.86. The average molecular weight is 280 g/mol. The Balaban J connectivity index is 1.78. The van der Waals surface area contributed by atoms with Gasteiger partial charge in [-0.15, -0.1) is 0 Å². The number of likely N-dealkylation sites (tertiary alicyclic amines) is 2. The molecule has 118 valence electrons. The van der Waals surface area contributed by atoms with Crippen molar-refractivity contribution in [3.8, 4) is 0 Å². The van der Waals surface area contributed by atoms with Crippen molar-refractivity contribution in [2.75, 3.05) is 33.7 Å². The summed E-state index contributed by atoms with van der Waals surface area (Å²) in [4.78, 5) is 5.16. The van der Waals surface area contributed by atoms with Crippen LogP contribution in [0.2, 0.25) is 0 Å². The molecular weight excluding hydrogens is 244 g/mol. The van der Waals surface area contributed by atoms with Gasteiger partial charge in [-0.05, 0) is 83.0 Å². The Labute approximate surface area is 126 Å². The number of nitrogens with zero attached hydrogens (tertiary/aromatic N) is 2. The highest BCUT2D eigenvalue weighted by atomic mass is 15.1. The maximum absolute atomic E-state index is 2.67. The minimum Gasteiger partial charge on any atom is -0.306 e. The van der Waals surface area contributed by atoms with Crippen LogP contribution in [0.1, 0.15) is 52.9 Å². The maximum Gasteiger partial charge on any atom is 0.00950 e. The quantitative estimate of drug-likeness (QED) is 0.774. The fourth-order valence-corrected chi connectivity index (χ4v) is 4.30. The zero-order valence-electron chi connectivity index (χ0n) is 14.4. The van der Waals surface area contributed by atoms with Crippen LogP contribution in [-0.4, -0.2) is 49.6 Å². The average Bonchev–Trinajstić information content (AvgIpc) is 2.41. The van der Waals surface area contributed by atoms with Crippen LogP contribution in [0.3, 0.4) is 0 Å². The van der Waals surface area contributed by atoms with E-state index in [4.69, 9.17) is 0 Å². The fraction of sp³-hybridized carbons (Fsp3) is 1.00. The number of piperidine rings is 2. The lowest BCUT2D eigenvalue weighted by Crippen LogP contribution is -2.43. The second-order valence-corrected chi connectivity index (χ2v) is 8.03. The van der Waals surface area contributed by atoms with E-state index >= 15 is 0 Å². The topological polar surface area (TPSA) is 6.48 Å². The molecule has 0 aromatic carbocycles. The van der Waals surface area contributed by atoms with Crippen LogP contribution in [0.15, 0.2) is 0 Å². The van der Waals surface area contributed by atoms with Crippen LogP contribution in [0.25, 0.3) is 0 Å². The van der Waals surface area contributed by atoms with Crippen LogP contribution in [0.4, 0.5) is 0 Å². The monoisotopic (exact) mass is 280 g/mol. The third kappa shape index (κ3) is 4.21.